The van der Waals surface area contributed by atoms with Gasteiger partial charge in [-0.25, -0.2) is 4.98 Å². The number of anilines is 2. The number of rotatable bonds is 4. The van der Waals surface area contributed by atoms with Crippen molar-refractivity contribution < 1.29 is 4.79 Å². The fraction of sp³-hybridized carbons (Fsp3) is 0.294. The predicted octanol–water partition coefficient (Wildman–Crippen LogP) is 2.05. The lowest BCUT2D eigenvalue weighted by Crippen LogP contribution is -2.18. The Morgan fingerprint density at radius 2 is 1.96 bits per heavy atom. The molecule has 3 aromatic rings. The van der Waals surface area contributed by atoms with Crippen LogP contribution in [-0.2, 0) is 11.2 Å². The molecule has 0 saturated heterocycles. The second-order valence-electron chi connectivity index (χ2n) is 5.92. The summed E-state index contributed by atoms with van der Waals surface area (Å²) >= 11 is 0. The number of benzene rings is 1. The van der Waals surface area contributed by atoms with Gasteiger partial charge in [-0.3, -0.25) is 4.79 Å². The van der Waals surface area contributed by atoms with Crippen LogP contribution in [0.25, 0.3) is 5.78 Å². The molecular weight excluding hydrogens is 304 g/mol. The third kappa shape index (κ3) is 3.05. The zero-order valence-electron chi connectivity index (χ0n) is 14.2. The largest absolute Gasteiger partial charge is 0.362 e. The summed E-state index contributed by atoms with van der Waals surface area (Å²) in [5.74, 6) is 1.50. The molecule has 0 radical (unpaired) electrons. The first-order valence-corrected chi connectivity index (χ1v) is 7.69. The van der Waals surface area contributed by atoms with E-state index in [1.807, 2.05) is 50.2 Å². The molecule has 0 unspecified atom stereocenters. The molecule has 0 aliphatic carbocycles. The smallest absolute Gasteiger partial charge is 0.254 e. The minimum Gasteiger partial charge on any atom is -0.362 e. The van der Waals surface area contributed by atoms with Crippen molar-refractivity contribution in [1.29, 1.82) is 0 Å². The Kier molecular flexibility index (Phi) is 4.16. The van der Waals surface area contributed by atoms with E-state index in [-0.39, 0.29) is 5.91 Å². The first kappa shape index (κ1) is 15.9. The molecule has 2 aromatic heterocycles. The Morgan fingerprint density at radius 3 is 2.58 bits per heavy atom. The van der Waals surface area contributed by atoms with Crippen LogP contribution in [0.2, 0.25) is 0 Å². The van der Waals surface area contributed by atoms with E-state index >= 15 is 0 Å². The summed E-state index contributed by atoms with van der Waals surface area (Å²) in [6, 6.07) is 7.83. The molecule has 7 nitrogen and oxygen atoms in total. The van der Waals surface area contributed by atoms with E-state index in [4.69, 9.17) is 0 Å². The fourth-order valence-corrected chi connectivity index (χ4v) is 2.75. The van der Waals surface area contributed by atoms with E-state index in [1.165, 1.54) is 13.3 Å². The summed E-state index contributed by atoms with van der Waals surface area (Å²) in [6.45, 7) is 3.49. The number of aromatic nitrogens is 4. The lowest BCUT2D eigenvalue weighted by Gasteiger charge is -2.19. The monoisotopic (exact) mass is 324 g/mol. The molecule has 1 aromatic carbocycles. The van der Waals surface area contributed by atoms with Crippen LogP contribution in [0.5, 0.6) is 0 Å². The lowest BCUT2D eigenvalue weighted by atomic mass is 10.0. The number of carbonyl (C=O) groups excluding carboxylic acids is 1. The summed E-state index contributed by atoms with van der Waals surface area (Å²) in [6.07, 6.45) is 2.24. The van der Waals surface area contributed by atoms with E-state index in [0.717, 1.165) is 34.7 Å². The molecule has 0 aliphatic heterocycles. The maximum Gasteiger partial charge on any atom is 0.254 e. The fourth-order valence-electron chi connectivity index (χ4n) is 2.75. The van der Waals surface area contributed by atoms with Crippen LogP contribution in [0.15, 0.2) is 30.6 Å². The molecule has 1 N–H and O–H groups in total. The van der Waals surface area contributed by atoms with Gasteiger partial charge in [0.25, 0.3) is 5.78 Å². The van der Waals surface area contributed by atoms with E-state index < -0.39 is 0 Å². The second kappa shape index (κ2) is 6.27. The number of hydrogen-bond donors (Lipinski definition) is 1. The zero-order valence-corrected chi connectivity index (χ0v) is 14.2. The van der Waals surface area contributed by atoms with E-state index in [9.17, 15) is 4.79 Å². The van der Waals surface area contributed by atoms with Gasteiger partial charge in [0, 0.05) is 44.4 Å². The van der Waals surface area contributed by atoms with Gasteiger partial charge in [-0.1, -0.05) is 12.1 Å². The quantitative estimate of drug-likeness (QED) is 0.795. The van der Waals surface area contributed by atoms with Crippen molar-refractivity contribution in [3.05, 3.63) is 47.4 Å². The highest BCUT2D eigenvalue weighted by molar-refractivity contribution is 5.88. The average molecular weight is 324 g/mol. The summed E-state index contributed by atoms with van der Waals surface area (Å²) in [5.41, 5.74) is 3.97. The third-order valence-electron chi connectivity index (χ3n) is 3.78. The summed E-state index contributed by atoms with van der Waals surface area (Å²) in [5, 5.41) is 7.06. The number of hydrogen-bond acceptors (Lipinski definition) is 5. The number of carbonyl (C=O) groups is 1. The molecule has 0 spiro atoms. The first-order valence-electron chi connectivity index (χ1n) is 7.69. The van der Waals surface area contributed by atoms with Crippen molar-refractivity contribution in [2.75, 3.05) is 24.3 Å². The number of nitrogens with one attached hydrogen (secondary N) is 1. The molecule has 7 heteroatoms. The van der Waals surface area contributed by atoms with Gasteiger partial charge in [0.1, 0.15) is 12.1 Å². The van der Waals surface area contributed by atoms with E-state index in [1.54, 1.807) is 4.52 Å². The summed E-state index contributed by atoms with van der Waals surface area (Å²) in [7, 11) is 3.97. The van der Waals surface area contributed by atoms with E-state index in [2.05, 4.69) is 20.4 Å². The summed E-state index contributed by atoms with van der Waals surface area (Å²) < 4.78 is 1.76. The van der Waals surface area contributed by atoms with Gasteiger partial charge in [0.05, 0.1) is 0 Å². The topological polar surface area (TPSA) is 75.4 Å². The SMILES string of the molecule is CC(=O)Nc1ccc(Cc2c(C)nc3ncnn3c2N(C)C)cc1. The first-order chi connectivity index (χ1) is 11.5. The molecule has 0 saturated carbocycles. The van der Waals surface area contributed by atoms with Gasteiger partial charge in [-0.2, -0.15) is 14.6 Å². The van der Waals surface area contributed by atoms with Crippen molar-refractivity contribution in [2.45, 2.75) is 20.3 Å². The molecule has 0 aliphatic rings. The van der Waals surface area contributed by atoms with Crippen molar-refractivity contribution in [1.82, 2.24) is 19.6 Å². The maximum absolute atomic E-state index is 11.1. The molecule has 24 heavy (non-hydrogen) atoms. The standard InChI is InChI=1S/C17H20N6O/c1-11-15(9-13-5-7-14(8-6-13)21-12(2)24)16(22(3)4)23-17(20-11)18-10-19-23/h5-8,10H,9H2,1-4H3,(H,21,24). The van der Waals surface area contributed by atoms with Gasteiger partial charge in [0.15, 0.2) is 0 Å². The van der Waals surface area contributed by atoms with Crippen LogP contribution in [0.3, 0.4) is 0 Å². The van der Waals surface area contributed by atoms with Crippen LogP contribution in [0.4, 0.5) is 11.5 Å². The Labute approximate surface area is 140 Å². The molecule has 0 fully saturated rings. The molecule has 0 bridgehead atoms. The second-order valence-corrected chi connectivity index (χ2v) is 5.92. The zero-order chi connectivity index (χ0) is 17.3. The third-order valence-corrected chi connectivity index (χ3v) is 3.78. The number of fused-ring (bicyclic) bond motifs is 1. The van der Waals surface area contributed by atoms with Crippen LogP contribution in [0.1, 0.15) is 23.7 Å². The average Bonchev–Trinajstić information content (AvgIpc) is 2.96. The predicted molar refractivity (Wildman–Crippen MR) is 93.4 cm³/mol. The van der Waals surface area contributed by atoms with Crippen molar-refractivity contribution in [2.24, 2.45) is 0 Å². The minimum atomic E-state index is -0.0747. The normalized spacial score (nSPS) is 10.8. The molecule has 1 amide bonds. The van der Waals surface area contributed by atoms with Gasteiger partial charge in [-0.05, 0) is 24.6 Å². The lowest BCUT2D eigenvalue weighted by molar-refractivity contribution is -0.114. The summed E-state index contributed by atoms with van der Waals surface area (Å²) in [4.78, 5) is 21.9. The molecular formula is C17H20N6O. The van der Waals surface area contributed by atoms with Crippen LogP contribution in [0, 0.1) is 6.92 Å². The van der Waals surface area contributed by atoms with Crippen LogP contribution < -0.4 is 10.2 Å². The Bertz CT molecular complexity index is 882. The molecule has 3 rings (SSSR count). The molecule has 124 valence electrons. The Balaban J connectivity index is 1.98. The van der Waals surface area contributed by atoms with Crippen LogP contribution in [-0.4, -0.2) is 39.6 Å². The molecule has 2 heterocycles. The number of aryl methyl sites for hydroxylation is 1. The molecule has 0 atom stereocenters. The Hall–Kier alpha value is -2.96. The van der Waals surface area contributed by atoms with Gasteiger partial charge in [-0.15, -0.1) is 0 Å². The van der Waals surface area contributed by atoms with Gasteiger partial charge < -0.3 is 10.2 Å². The Morgan fingerprint density at radius 1 is 1.25 bits per heavy atom. The number of amides is 1. The van der Waals surface area contributed by atoms with Crippen molar-refractivity contribution in [3.8, 4) is 0 Å². The van der Waals surface area contributed by atoms with Crippen molar-refractivity contribution in [3.63, 3.8) is 0 Å². The maximum atomic E-state index is 11.1. The van der Waals surface area contributed by atoms with Gasteiger partial charge in [0.2, 0.25) is 5.91 Å². The van der Waals surface area contributed by atoms with Crippen LogP contribution >= 0.6 is 0 Å². The highest BCUT2D eigenvalue weighted by Gasteiger charge is 2.16. The van der Waals surface area contributed by atoms with Crippen molar-refractivity contribution >= 4 is 23.2 Å². The highest BCUT2D eigenvalue weighted by atomic mass is 16.1. The number of nitrogens with zero attached hydrogens (tertiary/aromatic N) is 5. The van der Waals surface area contributed by atoms with Gasteiger partial charge >= 0.3 is 0 Å². The van der Waals surface area contributed by atoms with E-state index in [0.29, 0.717) is 5.78 Å². The highest BCUT2D eigenvalue weighted by Crippen LogP contribution is 2.25. The minimum absolute atomic E-state index is 0.0747.